The van der Waals surface area contributed by atoms with Gasteiger partial charge in [-0.2, -0.15) is 0 Å². The van der Waals surface area contributed by atoms with Gasteiger partial charge in [0.05, 0.1) is 5.56 Å². The van der Waals surface area contributed by atoms with Crippen LogP contribution in [0.5, 0.6) is 0 Å². The van der Waals surface area contributed by atoms with Gasteiger partial charge >= 0.3 is 0 Å². The zero-order chi connectivity index (χ0) is 11.5. The minimum absolute atomic E-state index is 0.231. The lowest BCUT2D eigenvalue weighted by Crippen LogP contribution is -2.30. The first-order valence-corrected chi connectivity index (χ1v) is 5.93. The number of rotatable bonds is 2. The topological polar surface area (TPSA) is 60.9 Å². The van der Waals surface area contributed by atoms with E-state index in [4.69, 9.17) is 5.84 Å². The van der Waals surface area contributed by atoms with E-state index < -0.39 is 0 Å². The van der Waals surface area contributed by atoms with Crippen LogP contribution in [0.15, 0.2) is 46.5 Å². The van der Waals surface area contributed by atoms with E-state index in [1.54, 1.807) is 6.20 Å². The molecule has 0 radical (unpaired) electrons. The van der Waals surface area contributed by atoms with Crippen molar-refractivity contribution in [1.82, 2.24) is 9.66 Å². The average Bonchev–Trinajstić information content (AvgIpc) is 2.34. The third kappa shape index (κ3) is 1.81. The van der Waals surface area contributed by atoms with Crippen molar-refractivity contribution in [2.75, 3.05) is 12.1 Å². The monoisotopic (exact) mass is 233 g/mol. The Kier molecular flexibility index (Phi) is 2.96. The number of nitrogen functional groups attached to an aromatic ring is 1. The van der Waals surface area contributed by atoms with Crippen molar-refractivity contribution in [3.8, 4) is 11.1 Å². The zero-order valence-electron chi connectivity index (χ0n) is 8.75. The highest BCUT2D eigenvalue weighted by Crippen LogP contribution is 2.15. The molecular formula is C11H11N3OS. The standard InChI is InChI=1S/C11H11N3OS/c1-16-11-13-7-9(10(15)14(11)12)8-5-3-2-4-6-8/h2-7H,12H2,1H3. The second-order valence-electron chi connectivity index (χ2n) is 3.20. The van der Waals surface area contributed by atoms with E-state index in [0.717, 1.165) is 10.2 Å². The van der Waals surface area contributed by atoms with E-state index in [2.05, 4.69) is 4.98 Å². The predicted octanol–water partition coefficient (Wildman–Crippen LogP) is 1.35. The number of nitrogens with two attached hydrogens (primary N) is 1. The number of benzene rings is 1. The summed E-state index contributed by atoms with van der Waals surface area (Å²) in [5, 5.41) is 0.504. The molecule has 0 amide bonds. The summed E-state index contributed by atoms with van der Waals surface area (Å²) in [4.78, 5) is 16.1. The van der Waals surface area contributed by atoms with Crippen LogP contribution in [0.25, 0.3) is 11.1 Å². The van der Waals surface area contributed by atoms with Crippen molar-refractivity contribution in [2.24, 2.45) is 0 Å². The molecule has 0 aliphatic rings. The molecule has 0 fully saturated rings. The SMILES string of the molecule is CSc1ncc(-c2ccccc2)c(=O)n1N. The lowest BCUT2D eigenvalue weighted by atomic mass is 10.1. The maximum absolute atomic E-state index is 11.9. The fraction of sp³-hybridized carbons (Fsp3) is 0.0909. The smallest absolute Gasteiger partial charge is 0.280 e. The molecule has 0 saturated heterocycles. The Labute approximate surface area is 97.1 Å². The third-order valence-electron chi connectivity index (χ3n) is 2.23. The Balaban J connectivity index is 2.61. The van der Waals surface area contributed by atoms with Crippen LogP contribution in [0.1, 0.15) is 0 Å². The first kappa shape index (κ1) is 10.8. The molecular weight excluding hydrogens is 222 g/mol. The van der Waals surface area contributed by atoms with Crippen molar-refractivity contribution in [3.05, 3.63) is 46.9 Å². The van der Waals surface area contributed by atoms with Crippen LogP contribution in [0.2, 0.25) is 0 Å². The van der Waals surface area contributed by atoms with Gasteiger partial charge in [0.15, 0.2) is 5.16 Å². The molecule has 4 nitrogen and oxygen atoms in total. The number of aromatic nitrogens is 2. The van der Waals surface area contributed by atoms with E-state index in [1.807, 2.05) is 36.6 Å². The highest BCUT2D eigenvalue weighted by atomic mass is 32.2. The Morgan fingerprint density at radius 2 is 2.00 bits per heavy atom. The lowest BCUT2D eigenvalue weighted by Gasteiger charge is -2.06. The van der Waals surface area contributed by atoms with Gasteiger partial charge in [-0.15, -0.1) is 0 Å². The molecule has 0 atom stereocenters. The molecule has 0 aliphatic heterocycles. The maximum Gasteiger partial charge on any atom is 0.280 e. The maximum atomic E-state index is 11.9. The Bertz CT molecular complexity index is 551. The summed E-state index contributed by atoms with van der Waals surface area (Å²) in [5.74, 6) is 5.65. The van der Waals surface area contributed by atoms with E-state index >= 15 is 0 Å². The number of hydrogen-bond acceptors (Lipinski definition) is 4. The van der Waals surface area contributed by atoms with Crippen LogP contribution >= 0.6 is 11.8 Å². The first-order chi connectivity index (χ1) is 7.74. The second kappa shape index (κ2) is 4.40. The fourth-order valence-electron chi connectivity index (χ4n) is 1.42. The van der Waals surface area contributed by atoms with Crippen LogP contribution < -0.4 is 11.4 Å². The number of nitrogens with zero attached hydrogens (tertiary/aromatic N) is 2. The molecule has 0 aliphatic carbocycles. The summed E-state index contributed by atoms with van der Waals surface area (Å²) < 4.78 is 1.08. The van der Waals surface area contributed by atoms with Gasteiger partial charge in [0.2, 0.25) is 0 Å². The summed E-state index contributed by atoms with van der Waals surface area (Å²) in [6, 6.07) is 9.36. The molecule has 2 aromatic rings. The van der Waals surface area contributed by atoms with Gasteiger partial charge in [-0.25, -0.2) is 9.66 Å². The summed E-state index contributed by atoms with van der Waals surface area (Å²) in [5.41, 5.74) is 1.11. The fourth-order valence-corrected chi connectivity index (χ4v) is 1.86. The quantitative estimate of drug-likeness (QED) is 0.483. The first-order valence-electron chi connectivity index (χ1n) is 4.70. The predicted molar refractivity (Wildman–Crippen MR) is 65.9 cm³/mol. The van der Waals surface area contributed by atoms with Crippen molar-refractivity contribution in [1.29, 1.82) is 0 Å². The van der Waals surface area contributed by atoms with Gasteiger partial charge in [-0.05, 0) is 11.8 Å². The zero-order valence-corrected chi connectivity index (χ0v) is 9.57. The van der Waals surface area contributed by atoms with E-state index in [-0.39, 0.29) is 5.56 Å². The number of hydrogen-bond donors (Lipinski definition) is 1. The minimum Gasteiger partial charge on any atom is -0.334 e. The average molecular weight is 233 g/mol. The largest absolute Gasteiger partial charge is 0.334 e. The van der Waals surface area contributed by atoms with E-state index in [1.165, 1.54) is 11.8 Å². The Morgan fingerprint density at radius 3 is 2.62 bits per heavy atom. The molecule has 2 rings (SSSR count). The normalized spacial score (nSPS) is 10.3. The Morgan fingerprint density at radius 1 is 1.31 bits per heavy atom. The molecule has 0 spiro atoms. The van der Waals surface area contributed by atoms with Gasteiger partial charge in [0, 0.05) is 6.20 Å². The van der Waals surface area contributed by atoms with Crippen LogP contribution in [0, 0.1) is 0 Å². The molecule has 1 aromatic carbocycles. The second-order valence-corrected chi connectivity index (χ2v) is 3.97. The van der Waals surface area contributed by atoms with Crippen molar-refractivity contribution < 1.29 is 0 Å². The van der Waals surface area contributed by atoms with Gasteiger partial charge in [0.1, 0.15) is 0 Å². The number of thioether (sulfide) groups is 1. The van der Waals surface area contributed by atoms with Crippen LogP contribution in [-0.4, -0.2) is 15.9 Å². The lowest BCUT2D eigenvalue weighted by molar-refractivity contribution is 0.763. The molecule has 0 bridgehead atoms. The summed E-state index contributed by atoms with van der Waals surface area (Å²) in [6.07, 6.45) is 3.39. The Hall–Kier alpha value is -1.75. The molecule has 2 N–H and O–H groups in total. The molecule has 16 heavy (non-hydrogen) atoms. The van der Waals surface area contributed by atoms with Crippen LogP contribution in [0.4, 0.5) is 0 Å². The van der Waals surface area contributed by atoms with Crippen LogP contribution in [-0.2, 0) is 0 Å². The van der Waals surface area contributed by atoms with Gasteiger partial charge in [-0.1, -0.05) is 42.1 Å². The molecule has 1 aromatic heterocycles. The van der Waals surface area contributed by atoms with Crippen LogP contribution in [0.3, 0.4) is 0 Å². The molecule has 0 saturated carbocycles. The highest BCUT2D eigenvalue weighted by Gasteiger charge is 2.08. The highest BCUT2D eigenvalue weighted by molar-refractivity contribution is 7.98. The summed E-state index contributed by atoms with van der Waals surface area (Å²) in [7, 11) is 0. The summed E-state index contributed by atoms with van der Waals surface area (Å²) >= 11 is 1.34. The van der Waals surface area contributed by atoms with Gasteiger partial charge < -0.3 is 5.84 Å². The van der Waals surface area contributed by atoms with Gasteiger partial charge in [0.25, 0.3) is 5.56 Å². The van der Waals surface area contributed by atoms with E-state index in [9.17, 15) is 4.79 Å². The minimum atomic E-state index is -0.231. The molecule has 82 valence electrons. The third-order valence-corrected chi connectivity index (χ3v) is 2.89. The molecule has 0 unspecified atom stereocenters. The molecule has 1 heterocycles. The summed E-state index contributed by atoms with van der Waals surface area (Å²) in [6.45, 7) is 0. The van der Waals surface area contributed by atoms with Gasteiger partial charge in [-0.3, -0.25) is 4.79 Å². The van der Waals surface area contributed by atoms with Crippen molar-refractivity contribution in [3.63, 3.8) is 0 Å². The van der Waals surface area contributed by atoms with E-state index in [0.29, 0.717) is 10.7 Å². The van der Waals surface area contributed by atoms with Crippen molar-refractivity contribution >= 4 is 11.8 Å². The van der Waals surface area contributed by atoms with Crippen molar-refractivity contribution in [2.45, 2.75) is 5.16 Å². The molecule has 5 heteroatoms.